The Bertz CT molecular complexity index is 868. The fraction of sp³-hybridized carbons (Fsp3) is 0.333. The van der Waals surface area contributed by atoms with E-state index >= 15 is 0 Å². The fourth-order valence-corrected chi connectivity index (χ4v) is 3.38. The quantitative estimate of drug-likeness (QED) is 0.587. The smallest absolute Gasteiger partial charge is 0.337 e. The first-order valence-electron chi connectivity index (χ1n) is 8.93. The lowest BCUT2D eigenvalue weighted by molar-refractivity contribution is 0.0699. The molecule has 25 heavy (non-hydrogen) atoms. The molecule has 0 bridgehead atoms. The van der Waals surface area contributed by atoms with E-state index < -0.39 is 5.97 Å². The van der Waals surface area contributed by atoms with Crippen LogP contribution in [0, 0.1) is 0 Å². The first kappa shape index (κ1) is 17.2. The minimum atomic E-state index is -0.937. The number of fused-ring (bicyclic) bond motifs is 1. The first-order valence-corrected chi connectivity index (χ1v) is 8.93. The van der Waals surface area contributed by atoms with E-state index in [1.54, 1.807) is 6.07 Å². The van der Waals surface area contributed by atoms with Crippen molar-refractivity contribution >= 4 is 16.9 Å². The van der Waals surface area contributed by atoms with E-state index in [4.69, 9.17) is 0 Å². The van der Waals surface area contributed by atoms with Gasteiger partial charge in [0.1, 0.15) is 5.52 Å². The molecule has 0 aliphatic carbocycles. The largest absolute Gasteiger partial charge is 0.478 e. The van der Waals surface area contributed by atoms with Gasteiger partial charge in [-0.05, 0) is 30.5 Å². The molecule has 0 saturated heterocycles. The Balaban J connectivity index is 2.17. The van der Waals surface area contributed by atoms with Gasteiger partial charge in [-0.15, -0.1) is 0 Å². The third-order valence-corrected chi connectivity index (χ3v) is 4.68. The van der Waals surface area contributed by atoms with Gasteiger partial charge in [0.15, 0.2) is 0 Å². The highest BCUT2D eigenvalue weighted by molar-refractivity contribution is 6.02. The summed E-state index contributed by atoms with van der Waals surface area (Å²) in [6.07, 6.45) is 4.63. The molecule has 3 aromatic rings. The number of rotatable bonds is 7. The Morgan fingerprint density at radius 3 is 2.56 bits per heavy atom. The van der Waals surface area contributed by atoms with Crippen LogP contribution in [-0.2, 0) is 0 Å². The lowest BCUT2D eigenvalue weighted by Gasteiger charge is -2.15. The zero-order chi connectivity index (χ0) is 17.8. The van der Waals surface area contributed by atoms with Crippen molar-refractivity contribution in [2.75, 3.05) is 0 Å². The lowest BCUT2D eigenvalue weighted by Crippen LogP contribution is -2.06. The molecular weight excluding hydrogens is 312 g/mol. The summed E-state index contributed by atoms with van der Waals surface area (Å²) in [5.74, 6) is -0.630. The third kappa shape index (κ3) is 3.43. The third-order valence-electron chi connectivity index (χ3n) is 4.68. The van der Waals surface area contributed by atoms with E-state index in [9.17, 15) is 9.90 Å². The van der Waals surface area contributed by atoms with Gasteiger partial charge >= 0.3 is 5.97 Å². The molecule has 1 N–H and O–H groups in total. The van der Waals surface area contributed by atoms with E-state index in [1.807, 2.05) is 47.1 Å². The minimum absolute atomic E-state index is 0.259. The number of para-hydroxylation sites is 1. The zero-order valence-corrected chi connectivity index (χ0v) is 14.8. The molecule has 1 aromatic heterocycles. The van der Waals surface area contributed by atoms with Gasteiger partial charge in [0.05, 0.1) is 16.9 Å². The second-order valence-corrected chi connectivity index (χ2v) is 6.54. The molecule has 4 heteroatoms. The molecule has 1 heterocycles. The maximum atomic E-state index is 11.6. The molecule has 3 rings (SSSR count). The van der Waals surface area contributed by atoms with Gasteiger partial charge in [-0.2, -0.15) is 5.10 Å². The van der Waals surface area contributed by atoms with Crippen molar-refractivity contribution in [3.8, 4) is 5.69 Å². The van der Waals surface area contributed by atoms with Crippen molar-refractivity contribution in [2.24, 2.45) is 0 Å². The number of nitrogens with zero attached hydrogens (tertiary/aromatic N) is 2. The molecule has 0 saturated carbocycles. The summed E-state index contributed by atoms with van der Waals surface area (Å²) in [7, 11) is 0. The van der Waals surface area contributed by atoms with Crippen molar-refractivity contribution in [2.45, 2.75) is 45.4 Å². The molecule has 0 spiro atoms. The highest BCUT2D eigenvalue weighted by atomic mass is 16.4. The number of hydrogen-bond donors (Lipinski definition) is 1. The molecule has 0 fully saturated rings. The molecule has 0 radical (unpaired) electrons. The summed E-state index contributed by atoms with van der Waals surface area (Å²) in [6.45, 7) is 4.41. The van der Waals surface area contributed by atoms with Crippen molar-refractivity contribution in [3.63, 3.8) is 0 Å². The number of benzene rings is 2. The topological polar surface area (TPSA) is 55.1 Å². The summed E-state index contributed by atoms with van der Waals surface area (Å²) >= 11 is 0. The molecule has 0 aliphatic heterocycles. The maximum Gasteiger partial charge on any atom is 0.337 e. The molecular formula is C21H24N2O2. The number of aromatic carboxylic acids is 1. The average molecular weight is 336 g/mol. The number of carbonyl (C=O) groups is 1. The van der Waals surface area contributed by atoms with Gasteiger partial charge < -0.3 is 5.11 Å². The number of hydrogen-bond acceptors (Lipinski definition) is 2. The van der Waals surface area contributed by atoms with E-state index in [2.05, 4.69) is 18.9 Å². The molecule has 1 atom stereocenters. The summed E-state index contributed by atoms with van der Waals surface area (Å²) in [4.78, 5) is 11.6. The van der Waals surface area contributed by atoms with Crippen LogP contribution in [0.3, 0.4) is 0 Å². The minimum Gasteiger partial charge on any atom is -0.478 e. The maximum absolute atomic E-state index is 11.6. The SMILES string of the molecule is CCCCCC(C)c1c2cccc(C(=O)O)c2nn1-c1ccccc1. The highest BCUT2D eigenvalue weighted by Crippen LogP contribution is 2.32. The lowest BCUT2D eigenvalue weighted by atomic mass is 9.96. The first-order chi connectivity index (χ1) is 12.1. The van der Waals surface area contributed by atoms with Gasteiger partial charge in [0, 0.05) is 5.39 Å². The molecule has 1 unspecified atom stereocenters. The Morgan fingerprint density at radius 1 is 1.12 bits per heavy atom. The van der Waals surface area contributed by atoms with Crippen LogP contribution in [0.4, 0.5) is 0 Å². The summed E-state index contributed by atoms with van der Waals surface area (Å²) in [6, 6.07) is 15.4. The van der Waals surface area contributed by atoms with E-state index in [0.717, 1.165) is 29.6 Å². The van der Waals surface area contributed by atoms with Crippen LogP contribution in [0.15, 0.2) is 48.5 Å². The number of unbranched alkanes of at least 4 members (excludes halogenated alkanes) is 2. The van der Waals surface area contributed by atoms with Crippen LogP contribution in [-0.4, -0.2) is 20.9 Å². The summed E-state index contributed by atoms with van der Waals surface area (Å²) in [5, 5.41) is 15.1. The number of carboxylic acid groups (broad SMARTS) is 1. The van der Waals surface area contributed by atoms with E-state index in [-0.39, 0.29) is 5.56 Å². The van der Waals surface area contributed by atoms with Crippen LogP contribution in [0.1, 0.15) is 61.5 Å². The molecule has 0 aliphatic rings. The second kappa shape index (κ2) is 7.51. The normalized spacial score (nSPS) is 12.4. The molecule has 4 nitrogen and oxygen atoms in total. The van der Waals surface area contributed by atoms with Crippen LogP contribution in [0.5, 0.6) is 0 Å². The van der Waals surface area contributed by atoms with Crippen LogP contribution >= 0.6 is 0 Å². The monoisotopic (exact) mass is 336 g/mol. The standard InChI is InChI=1S/C21H24N2O2/c1-3-4-6-10-15(2)20-17-13-9-14-18(21(24)25)19(17)22-23(20)16-11-7-5-8-12-16/h5,7-9,11-15H,3-4,6,10H2,1-2H3,(H,24,25). The van der Waals surface area contributed by atoms with Crippen molar-refractivity contribution in [1.29, 1.82) is 0 Å². The summed E-state index contributed by atoms with van der Waals surface area (Å²) in [5.41, 5.74) is 2.89. The Hall–Kier alpha value is -2.62. The van der Waals surface area contributed by atoms with Gasteiger partial charge in [-0.25, -0.2) is 9.48 Å². The predicted molar refractivity (Wildman–Crippen MR) is 101 cm³/mol. The van der Waals surface area contributed by atoms with E-state index in [1.165, 1.54) is 12.8 Å². The highest BCUT2D eigenvalue weighted by Gasteiger charge is 2.21. The van der Waals surface area contributed by atoms with Crippen molar-refractivity contribution in [3.05, 3.63) is 59.8 Å². The molecule has 2 aromatic carbocycles. The molecule has 0 amide bonds. The van der Waals surface area contributed by atoms with Crippen molar-refractivity contribution in [1.82, 2.24) is 9.78 Å². The van der Waals surface area contributed by atoms with Crippen LogP contribution < -0.4 is 0 Å². The second-order valence-electron chi connectivity index (χ2n) is 6.54. The number of aromatic nitrogens is 2. The van der Waals surface area contributed by atoms with Crippen LogP contribution in [0.25, 0.3) is 16.6 Å². The van der Waals surface area contributed by atoms with Gasteiger partial charge in [0.25, 0.3) is 0 Å². The Kier molecular flexibility index (Phi) is 5.17. The zero-order valence-electron chi connectivity index (χ0n) is 14.8. The van der Waals surface area contributed by atoms with E-state index in [0.29, 0.717) is 11.4 Å². The Labute approximate surface area is 148 Å². The predicted octanol–water partition coefficient (Wildman–Crippen LogP) is 5.41. The fourth-order valence-electron chi connectivity index (χ4n) is 3.38. The summed E-state index contributed by atoms with van der Waals surface area (Å²) < 4.78 is 1.92. The van der Waals surface area contributed by atoms with Crippen LogP contribution in [0.2, 0.25) is 0 Å². The van der Waals surface area contributed by atoms with Gasteiger partial charge in [-0.1, -0.05) is 63.4 Å². The van der Waals surface area contributed by atoms with Gasteiger partial charge in [0.2, 0.25) is 0 Å². The Morgan fingerprint density at radius 2 is 1.88 bits per heavy atom. The van der Waals surface area contributed by atoms with Gasteiger partial charge in [-0.3, -0.25) is 0 Å². The molecule has 130 valence electrons. The average Bonchev–Trinajstić information content (AvgIpc) is 3.02. The number of carboxylic acids is 1. The van der Waals surface area contributed by atoms with Crippen molar-refractivity contribution < 1.29 is 9.90 Å².